The van der Waals surface area contributed by atoms with Gasteiger partial charge < -0.3 is 15.2 Å². The molecule has 26 heavy (non-hydrogen) atoms. The first-order valence-corrected chi connectivity index (χ1v) is 9.26. The van der Waals surface area contributed by atoms with Crippen molar-refractivity contribution in [1.29, 1.82) is 0 Å². The minimum atomic E-state index is -0.343. The van der Waals surface area contributed by atoms with Crippen LogP contribution in [0.25, 0.3) is 0 Å². The standard InChI is InChI=1S/C17H21ClN6O2/c1-9-19-15(14(18)16(26)20-9)21-11-6-10(7-11)12-8-13(25)23-17(22-12)24-4-2-3-5-24/h8,10-11H,2-7H2,1H3,(H,22,23,25)(H2,19,20,21,26). The number of anilines is 2. The molecule has 1 saturated heterocycles. The largest absolute Gasteiger partial charge is 0.366 e. The van der Waals surface area contributed by atoms with Crippen molar-refractivity contribution >= 4 is 23.4 Å². The Morgan fingerprint density at radius 1 is 1.19 bits per heavy atom. The molecular weight excluding hydrogens is 356 g/mol. The lowest BCUT2D eigenvalue weighted by Gasteiger charge is -2.36. The van der Waals surface area contributed by atoms with E-state index in [1.807, 2.05) is 0 Å². The first kappa shape index (κ1) is 17.1. The number of halogens is 1. The van der Waals surface area contributed by atoms with Crippen LogP contribution in [0, 0.1) is 6.92 Å². The molecule has 1 aliphatic heterocycles. The van der Waals surface area contributed by atoms with Crippen LogP contribution in [0.4, 0.5) is 11.8 Å². The Labute approximate surface area is 155 Å². The second-order valence-corrected chi connectivity index (χ2v) is 7.39. The lowest BCUT2D eigenvalue weighted by atomic mass is 9.78. The van der Waals surface area contributed by atoms with E-state index < -0.39 is 0 Å². The molecule has 8 nitrogen and oxygen atoms in total. The van der Waals surface area contributed by atoms with Crippen LogP contribution in [0.1, 0.15) is 43.1 Å². The molecule has 3 heterocycles. The maximum Gasteiger partial charge on any atom is 0.271 e. The van der Waals surface area contributed by atoms with Crippen molar-refractivity contribution in [2.24, 2.45) is 0 Å². The predicted octanol–water partition coefficient (Wildman–Crippen LogP) is 1.77. The lowest BCUT2D eigenvalue weighted by Crippen LogP contribution is -2.36. The third-order valence-corrected chi connectivity index (χ3v) is 5.38. The van der Waals surface area contributed by atoms with E-state index in [0.717, 1.165) is 44.5 Å². The molecule has 0 aromatic carbocycles. The van der Waals surface area contributed by atoms with Gasteiger partial charge >= 0.3 is 0 Å². The van der Waals surface area contributed by atoms with Gasteiger partial charge in [0.15, 0.2) is 5.82 Å². The first-order valence-electron chi connectivity index (χ1n) is 8.89. The Hall–Kier alpha value is -2.35. The summed E-state index contributed by atoms with van der Waals surface area (Å²) in [5.41, 5.74) is 0.377. The van der Waals surface area contributed by atoms with Gasteiger partial charge in [0.25, 0.3) is 11.1 Å². The van der Waals surface area contributed by atoms with Gasteiger partial charge in [0, 0.05) is 31.1 Å². The number of nitrogens with one attached hydrogen (secondary N) is 3. The molecule has 0 atom stereocenters. The first-order chi connectivity index (χ1) is 12.5. The van der Waals surface area contributed by atoms with Gasteiger partial charge in [-0.05, 0) is 32.6 Å². The molecule has 9 heteroatoms. The van der Waals surface area contributed by atoms with Crippen molar-refractivity contribution < 1.29 is 0 Å². The van der Waals surface area contributed by atoms with Crippen LogP contribution in [0.15, 0.2) is 15.7 Å². The van der Waals surface area contributed by atoms with Gasteiger partial charge in [-0.15, -0.1) is 0 Å². The van der Waals surface area contributed by atoms with E-state index in [4.69, 9.17) is 11.6 Å². The molecule has 4 rings (SSSR count). The van der Waals surface area contributed by atoms with Crippen molar-refractivity contribution in [3.05, 3.63) is 43.3 Å². The Morgan fingerprint density at radius 2 is 1.92 bits per heavy atom. The van der Waals surface area contributed by atoms with Crippen LogP contribution < -0.4 is 21.3 Å². The Balaban J connectivity index is 1.45. The van der Waals surface area contributed by atoms with Gasteiger partial charge in [-0.2, -0.15) is 0 Å². The van der Waals surface area contributed by atoms with Gasteiger partial charge in [0.05, 0.1) is 5.69 Å². The molecule has 2 aromatic heterocycles. The summed E-state index contributed by atoms with van der Waals surface area (Å²) in [6.07, 6.45) is 3.90. The molecule has 2 aliphatic rings. The zero-order valence-electron chi connectivity index (χ0n) is 14.5. The smallest absolute Gasteiger partial charge is 0.271 e. The van der Waals surface area contributed by atoms with Gasteiger partial charge in [0.1, 0.15) is 10.8 Å². The summed E-state index contributed by atoms with van der Waals surface area (Å²) in [5, 5.41) is 3.30. The molecule has 0 bridgehead atoms. The highest BCUT2D eigenvalue weighted by atomic mass is 35.5. The van der Waals surface area contributed by atoms with Crippen molar-refractivity contribution in [1.82, 2.24) is 19.9 Å². The van der Waals surface area contributed by atoms with Gasteiger partial charge in [0.2, 0.25) is 5.95 Å². The highest BCUT2D eigenvalue weighted by molar-refractivity contribution is 6.32. The fraction of sp³-hybridized carbons (Fsp3) is 0.529. The minimum Gasteiger partial charge on any atom is -0.366 e. The summed E-state index contributed by atoms with van der Waals surface area (Å²) in [4.78, 5) is 40.2. The molecular formula is C17H21ClN6O2. The van der Waals surface area contributed by atoms with Crippen LogP contribution in [-0.2, 0) is 0 Å². The van der Waals surface area contributed by atoms with Gasteiger partial charge in [-0.25, -0.2) is 9.97 Å². The summed E-state index contributed by atoms with van der Waals surface area (Å²) < 4.78 is 0. The molecule has 0 amide bonds. The van der Waals surface area contributed by atoms with Crippen molar-refractivity contribution in [3.63, 3.8) is 0 Å². The normalized spacial score (nSPS) is 22.3. The van der Waals surface area contributed by atoms with E-state index in [-0.39, 0.29) is 28.1 Å². The minimum absolute atomic E-state index is 0.0738. The third-order valence-electron chi connectivity index (χ3n) is 5.03. The van der Waals surface area contributed by atoms with Crippen LogP contribution in [0.5, 0.6) is 0 Å². The van der Waals surface area contributed by atoms with Gasteiger partial charge in [-0.3, -0.25) is 14.6 Å². The number of H-pyrrole nitrogens is 2. The van der Waals surface area contributed by atoms with Crippen LogP contribution >= 0.6 is 11.6 Å². The number of hydrogen-bond acceptors (Lipinski definition) is 6. The Kier molecular flexibility index (Phi) is 4.44. The van der Waals surface area contributed by atoms with Crippen molar-refractivity contribution in [3.8, 4) is 0 Å². The molecule has 0 unspecified atom stereocenters. The number of aromatic nitrogens is 4. The molecule has 1 saturated carbocycles. The zero-order valence-corrected chi connectivity index (χ0v) is 15.3. The maximum absolute atomic E-state index is 12.0. The van der Waals surface area contributed by atoms with Crippen LogP contribution in [-0.4, -0.2) is 39.1 Å². The Morgan fingerprint density at radius 3 is 2.65 bits per heavy atom. The van der Waals surface area contributed by atoms with E-state index >= 15 is 0 Å². The SMILES string of the molecule is Cc1nc(NC2CC(c3cc(=O)[nH]c(N4CCCC4)n3)C2)c(Cl)c(=O)[nH]1. The molecule has 0 spiro atoms. The summed E-state index contributed by atoms with van der Waals surface area (Å²) >= 11 is 6.03. The van der Waals surface area contributed by atoms with Crippen molar-refractivity contribution in [2.75, 3.05) is 23.3 Å². The second kappa shape index (κ2) is 6.75. The zero-order chi connectivity index (χ0) is 18.3. The average Bonchev–Trinajstić information content (AvgIpc) is 3.08. The monoisotopic (exact) mass is 376 g/mol. The molecule has 3 N–H and O–H groups in total. The molecule has 2 aromatic rings. The van der Waals surface area contributed by atoms with Crippen LogP contribution in [0.2, 0.25) is 5.02 Å². The number of rotatable bonds is 4. The van der Waals surface area contributed by atoms with E-state index in [0.29, 0.717) is 17.6 Å². The lowest BCUT2D eigenvalue weighted by molar-refractivity contribution is 0.365. The summed E-state index contributed by atoms with van der Waals surface area (Å²) in [6, 6.07) is 1.74. The van der Waals surface area contributed by atoms with Crippen molar-refractivity contribution in [2.45, 2.75) is 44.6 Å². The highest BCUT2D eigenvalue weighted by Crippen LogP contribution is 2.38. The topological polar surface area (TPSA) is 107 Å². The number of nitrogens with zero attached hydrogens (tertiary/aromatic N) is 3. The predicted molar refractivity (Wildman–Crippen MR) is 100 cm³/mol. The van der Waals surface area contributed by atoms with Gasteiger partial charge in [-0.1, -0.05) is 11.6 Å². The van der Waals surface area contributed by atoms with E-state index in [9.17, 15) is 9.59 Å². The molecule has 2 fully saturated rings. The fourth-order valence-electron chi connectivity index (χ4n) is 3.59. The van der Waals surface area contributed by atoms with E-state index in [2.05, 4.69) is 30.2 Å². The summed E-state index contributed by atoms with van der Waals surface area (Å²) in [6.45, 7) is 3.59. The number of aryl methyl sites for hydroxylation is 1. The molecule has 138 valence electrons. The quantitative estimate of drug-likeness (QED) is 0.750. The molecule has 1 aliphatic carbocycles. The summed E-state index contributed by atoms with van der Waals surface area (Å²) in [7, 11) is 0. The Bertz CT molecular complexity index is 928. The van der Waals surface area contributed by atoms with Crippen LogP contribution in [0.3, 0.4) is 0 Å². The summed E-state index contributed by atoms with van der Waals surface area (Å²) in [5.74, 6) is 1.83. The second-order valence-electron chi connectivity index (χ2n) is 7.01. The highest BCUT2D eigenvalue weighted by Gasteiger charge is 2.33. The third kappa shape index (κ3) is 3.33. The number of hydrogen-bond donors (Lipinski definition) is 3. The fourth-order valence-corrected chi connectivity index (χ4v) is 3.73. The average molecular weight is 377 g/mol. The maximum atomic E-state index is 12.0. The number of aromatic amines is 2. The molecule has 0 radical (unpaired) electrons. The van der Waals surface area contributed by atoms with E-state index in [1.165, 1.54) is 0 Å². The van der Waals surface area contributed by atoms with E-state index in [1.54, 1.807) is 13.0 Å².